The van der Waals surface area contributed by atoms with Crippen molar-refractivity contribution in [1.29, 1.82) is 0 Å². The number of likely N-dealkylation sites (N-methyl/N-ethyl adjacent to an activating group) is 1. The van der Waals surface area contributed by atoms with Gasteiger partial charge < -0.3 is 10.2 Å². The minimum Gasteiger partial charge on any atom is -0.310 e. The third-order valence-electron chi connectivity index (χ3n) is 2.36. The second kappa shape index (κ2) is 5.27. The maximum Gasteiger partial charge on any atom is 0.239 e. The zero-order chi connectivity index (χ0) is 13.1. The van der Waals surface area contributed by atoms with Gasteiger partial charge in [-0.15, -0.1) is 0 Å². The molecule has 0 aliphatic carbocycles. The Labute approximate surface area is 103 Å². The van der Waals surface area contributed by atoms with E-state index in [0.717, 1.165) is 5.56 Å². The summed E-state index contributed by atoms with van der Waals surface area (Å²) in [6.45, 7) is 6.76. The Morgan fingerprint density at radius 1 is 1.35 bits per heavy atom. The Hall–Kier alpha value is -1.42. The first-order valence-corrected chi connectivity index (χ1v) is 5.70. The molecule has 0 bridgehead atoms. The molecular weight excluding hydrogens is 214 g/mol. The molecule has 0 radical (unpaired) electrons. The number of rotatable bonds is 3. The van der Waals surface area contributed by atoms with Gasteiger partial charge in [-0.3, -0.25) is 4.79 Å². The van der Waals surface area contributed by atoms with Crippen molar-refractivity contribution in [2.45, 2.75) is 26.2 Å². The zero-order valence-corrected chi connectivity index (χ0v) is 11.2. The molecule has 1 N–H and O–H groups in total. The van der Waals surface area contributed by atoms with Gasteiger partial charge in [0.15, 0.2) is 0 Å². The average molecular weight is 235 g/mol. The Morgan fingerprint density at radius 3 is 2.41 bits per heavy atom. The van der Waals surface area contributed by atoms with Crippen molar-refractivity contribution in [3.05, 3.63) is 23.9 Å². The van der Waals surface area contributed by atoms with Gasteiger partial charge in [0, 0.05) is 6.20 Å². The highest BCUT2D eigenvalue weighted by molar-refractivity contribution is 5.91. The number of hydrogen-bond donors (Lipinski definition) is 1. The third-order valence-corrected chi connectivity index (χ3v) is 2.36. The number of nitrogens with one attached hydrogen (secondary N) is 1. The first kappa shape index (κ1) is 13.6. The molecule has 0 fully saturated rings. The van der Waals surface area contributed by atoms with E-state index in [1.807, 2.05) is 37.3 Å². The van der Waals surface area contributed by atoms with Crippen molar-refractivity contribution in [1.82, 2.24) is 9.88 Å². The van der Waals surface area contributed by atoms with Crippen LogP contribution in [-0.2, 0) is 10.2 Å². The van der Waals surface area contributed by atoms with Crippen LogP contribution in [0, 0.1) is 0 Å². The molecule has 0 unspecified atom stereocenters. The summed E-state index contributed by atoms with van der Waals surface area (Å²) in [5.74, 6) is 0.552. The fourth-order valence-corrected chi connectivity index (χ4v) is 1.38. The number of anilines is 1. The predicted octanol–water partition coefficient (Wildman–Crippen LogP) is 1.88. The summed E-state index contributed by atoms with van der Waals surface area (Å²) in [4.78, 5) is 17.6. The molecule has 0 aromatic carbocycles. The van der Waals surface area contributed by atoms with Gasteiger partial charge in [0.25, 0.3) is 0 Å². The smallest absolute Gasteiger partial charge is 0.239 e. The van der Waals surface area contributed by atoms with Crippen LogP contribution in [0.5, 0.6) is 0 Å². The normalized spacial score (nSPS) is 11.6. The molecule has 0 spiro atoms. The molecule has 1 amide bonds. The number of carbonyl (C=O) groups is 1. The molecule has 4 heteroatoms. The van der Waals surface area contributed by atoms with Gasteiger partial charge in [0.05, 0.1) is 6.54 Å². The summed E-state index contributed by atoms with van der Waals surface area (Å²) in [5.41, 5.74) is 1.24. The van der Waals surface area contributed by atoms with Crippen LogP contribution in [0.1, 0.15) is 26.3 Å². The highest BCUT2D eigenvalue weighted by Crippen LogP contribution is 2.21. The molecule has 0 atom stereocenters. The second-order valence-electron chi connectivity index (χ2n) is 5.47. The van der Waals surface area contributed by atoms with Crippen molar-refractivity contribution in [2.75, 3.05) is 26.0 Å². The molecule has 0 aliphatic heterocycles. The molecule has 17 heavy (non-hydrogen) atoms. The van der Waals surface area contributed by atoms with Gasteiger partial charge in [0.1, 0.15) is 5.82 Å². The molecule has 1 aromatic rings. The summed E-state index contributed by atoms with van der Waals surface area (Å²) >= 11 is 0. The molecule has 1 heterocycles. The number of hydrogen-bond acceptors (Lipinski definition) is 3. The van der Waals surface area contributed by atoms with Crippen molar-refractivity contribution >= 4 is 11.7 Å². The van der Waals surface area contributed by atoms with Crippen LogP contribution in [0.4, 0.5) is 5.82 Å². The van der Waals surface area contributed by atoms with E-state index in [-0.39, 0.29) is 11.3 Å². The molecule has 0 saturated heterocycles. The minimum absolute atomic E-state index is 0.0500. The molecule has 0 saturated carbocycles. The molecule has 94 valence electrons. The van der Waals surface area contributed by atoms with Crippen LogP contribution < -0.4 is 5.32 Å². The Morgan fingerprint density at radius 2 is 2.00 bits per heavy atom. The van der Waals surface area contributed by atoms with Gasteiger partial charge >= 0.3 is 0 Å². The van der Waals surface area contributed by atoms with E-state index < -0.39 is 0 Å². The first-order valence-electron chi connectivity index (χ1n) is 5.70. The highest BCUT2D eigenvalue weighted by atomic mass is 16.2. The summed E-state index contributed by atoms with van der Waals surface area (Å²) < 4.78 is 0. The van der Waals surface area contributed by atoms with Crippen LogP contribution in [0.3, 0.4) is 0 Å². The SMILES string of the molecule is CN(C)CC(=O)Nc1ccc(C(C)(C)C)cn1. The van der Waals surface area contributed by atoms with Crippen LogP contribution in [0.15, 0.2) is 18.3 Å². The van der Waals surface area contributed by atoms with E-state index in [9.17, 15) is 4.79 Å². The van der Waals surface area contributed by atoms with E-state index in [1.54, 1.807) is 0 Å². The van der Waals surface area contributed by atoms with Crippen LogP contribution in [-0.4, -0.2) is 36.4 Å². The summed E-state index contributed by atoms with van der Waals surface area (Å²) in [6.07, 6.45) is 1.81. The molecule has 1 rings (SSSR count). The fourth-order valence-electron chi connectivity index (χ4n) is 1.38. The van der Waals surface area contributed by atoms with E-state index in [4.69, 9.17) is 0 Å². The number of nitrogens with zero attached hydrogens (tertiary/aromatic N) is 2. The lowest BCUT2D eigenvalue weighted by Crippen LogP contribution is -2.27. The van der Waals surface area contributed by atoms with Crippen molar-refractivity contribution < 1.29 is 4.79 Å². The lowest BCUT2D eigenvalue weighted by atomic mass is 9.88. The zero-order valence-electron chi connectivity index (χ0n) is 11.2. The van der Waals surface area contributed by atoms with Crippen LogP contribution >= 0.6 is 0 Å². The summed E-state index contributed by atoms with van der Waals surface area (Å²) in [5, 5.41) is 2.76. The molecule has 4 nitrogen and oxygen atoms in total. The van der Waals surface area contributed by atoms with Crippen molar-refractivity contribution in [3.8, 4) is 0 Å². The van der Waals surface area contributed by atoms with Gasteiger partial charge in [-0.2, -0.15) is 0 Å². The van der Waals surface area contributed by atoms with E-state index in [1.165, 1.54) is 0 Å². The largest absolute Gasteiger partial charge is 0.310 e. The van der Waals surface area contributed by atoms with Crippen LogP contribution in [0.2, 0.25) is 0 Å². The molecule has 0 aliphatic rings. The van der Waals surface area contributed by atoms with Gasteiger partial charge in [-0.05, 0) is 31.1 Å². The summed E-state index contributed by atoms with van der Waals surface area (Å²) in [7, 11) is 3.71. The standard InChI is InChI=1S/C13H21N3O/c1-13(2,3)10-6-7-11(14-8-10)15-12(17)9-16(4)5/h6-8H,9H2,1-5H3,(H,14,15,17). The lowest BCUT2D eigenvalue weighted by Gasteiger charge is -2.18. The number of amides is 1. The van der Waals surface area contributed by atoms with E-state index in [0.29, 0.717) is 12.4 Å². The Balaban J connectivity index is 2.66. The third kappa shape index (κ3) is 4.53. The van der Waals surface area contributed by atoms with Crippen molar-refractivity contribution in [3.63, 3.8) is 0 Å². The Kier molecular flexibility index (Phi) is 4.23. The topological polar surface area (TPSA) is 45.2 Å². The number of aromatic nitrogens is 1. The first-order chi connectivity index (χ1) is 7.79. The number of carbonyl (C=O) groups excluding carboxylic acids is 1. The highest BCUT2D eigenvalue weighted by Gasteiger charge is 2.14. The quantitative estimate of drug-likeness (QED) is 0.870. The lowest BCUT2D eigenvalue weighted by molar-refractivity contribution is -0.116. The monoisotopic (exact) mass is 235 g/mol. The maximum atomic E-state index is 11.5. The van der Waals surface area contributed by atoms with E-state index >= 15 is 0 Å². The average Bonchev–Trinajstić information content (AvgIpc) is 2.15. The molecule has 1 aromatic heterocycles. The molecular formula is C13H21N3O. The van der Waals surface area contributed by atoms with E-state index in [2.05, 4.69) is 31.1 Å². The predicted molar refractivity (Wildman–Crippen MR) is 70.1 cm³/mol. The Bertz CT molecular complexity index is 377. The van der Waals surface area contributed by atoms with Gasteiger partial charge in [-0.1, -0.05) is 26.8 Å². The van der Waals surface area contributed by atoms with Gasteiger partial charge in [0.2, 0.25) is 5.91 Å². The van der Waals surface area contributed by atoms with Gasteiger partial charge in [-0.25, -0.2) is 4.98 Å². The maximum absolute atomic E-state index is 11.5. The van der Waals surface area contributed by atoms with Crippen LogP contribution in [0.25, 0.3) is 0 Å². The fraction of sp³-hybridized carbons (Fsp3) is 0.538. The number of pyridine rings is 1. The van der Waals surface area contributed by atoms with Crippen molar-refractivity contribution in [2.24, 2.45) is 0 Å². The minimum atomic E-state index is -0.0500. The summed E-state index contributed by atoms with van der Waals surface area (Å²) in [6, 6.07) is 3.84. The second-order valence-corrected chi connectivity index (χ2v) is 5.47.